The van der Waals surface area contributed by atoms with Gasteiger partial charge in [0.25, 0.3) is 5.91 Å². The number of amides is 1. The van der Waals surface area contributed by atoms with Crippen LogP contribution >= 0.6 is 0 Å². The number of hydrogen-bond donors (Lipinski definition) is 2. The van der Waals surface area contributed by atoms with Crippen LogP contribution in [-0.2, 0) is 7.05 Å². The molecule has 3 rings (SSSR count). The molecule has 0 atom stereocenters. The highest BCUT2D eigenvalue weighted by atomic mass is 19.1. The summed E-state index contributed by atoms with van der Waals surface area (Å²) in [7, 11) is 1.67. The summed E-state index contributed by atoms with van der Waals surface area (Å²) in [6.45, 7) is 3.76. The third kappa shape index (κ3) is 4.05. The van der Waals surface area contributed by atoms with Crippen molar-refractivity contribution in [3.63, 3.8) is 0 Å². The molecule has 2 aromatic heterocycles. The SMILES string of the molecule is CC(C)Oc1ccc(F)cc1-c1ccc(NC(=O)c2ccnn2C)nc1N. The Balaban J connectivity index is 1.91. The van der Waals surface area contributed by atoms with Gasteiger partial charge in [-0.1, -0.05) is 0 Å². The highest BCUT2D eigenvalue weighted by molar-refractivity contribution is 6.02. The lowest BCUT2D eigenvalue weighted by Gasteiger charge is -2.16. The number of aromatic nitrogens is 3. The molecule has 0 aliphatic heterocycles. The molecule has 0 aliphatic carbocycles. The molecule has 0 fully saturated rings. The summed E-state index contributed by atoms with van der Waals surface area (Å²) in [6, 6.07) is 9.09. The maximum Gasteiger partial charge on any atom is 0.275 e. The molecule has 0 radical (unpaired) electrons. The number of carbonyl (C=O) groups excluding carboxylic acids is 1. The molecule has 0 aliphatic rings. The van der Waals surface area contributed by atoms with Gasteiger partial charge in [0.2, 0.25) is 0 Å². The number of nitrogens with two attached hydrogens (primary N) is 1. The summed E-state index contributed by atoms with van der Waals surface area (Å²) in [5, 5.41) is 6.62. The summed E-state index contributed by atoms with van der Waals surface area (Å²) >= 11 is 0. The van der Waals surface area contributed by atoms with Crippen LogP contribution in [0.15, 0.2) is 42.6 Å². The summed E-state index contributed by atoms with van der Waals surface area (Å²) in [4.78, 5) is 16.5. The number of hydrogen-bond acceptors (Lipinski definition) is 5. The van der Waals surface area contributed by atoms with Gasteiger partial charge in [-0.15, -0.1) is 0 Å². The Bertz CT molecular complexity index is 984. The van der Waals surface area contributed by atoms with E-state index in [-0.39, 0.29) is 23.6 Å². The number of anilines is 2. The average Bonchev–Trinajstić information content (AvgIpc) is 3.02. The van der Waals surface area contributed by atoms with Crippen molar-refractivity contribution in [2.45, 2.75) is 20.0 Å². The van der Waals surface area contributed by atoms with Gasteiger partial charge in [-0.3, -0.25) is 9.48 Å². The molecule has 3 N–H and O–H groups in total. The van der Waals surface area contributed by atoms with E-state index in [1.807, 2.05) is 13.8 Å². The molecule has 27 heavy (non-hydrogen) atoms. The molecule has 7 nitrogen and oxygen atoms in total. The molecule has 1 aromatic carbocycles. The van der Waals surface area contributed by atoms with Crippen molar-refractivity contribution in [3.8, 4) is 16.9 Å². The number of carbonyl (C=O) groups is 1. The molecular weight excluding hydrogens is 349 g/mol. The second-order valence-electron chi connectivity index (χ2n) is 6.23. The smallest absolute Gasteiger partial charge is 0.275 e. The lowest BCUT2D eigenvalue weighted by atomic mass is 10.0. The number of aryl methyl sites for hydroxylation is 1. The van der Waals surface area contributed by atoms with E-state index in [1.165, 1.54) is 23.0 Å². The van der Waals surface area contributed by atoms with Crippen LogP contribution < -0.4 is 15.8 Å². The molecule has 0 saturated carbocycles. The Morgan fingerprint density at radius 2 is 2.00 bits per heavy atom. The fourth-order valence-electron chi connectivity index (χ4n) is 2.62. The zero-order valence-electron chi connectivity index (χ0n) is 15.2. The minimum Gasteiger partial charge on any atom is -0.490 e. The van der Waals surface area contributed by atoms with Gasteiger partial charge in [0.15, 0.2) is 0 Å². The number of benzene rings is 1. The minimum absolute atomic E-state index is 0.0825. The van der Waals surface area contributed by atoms with Gasteiger partial charge in [-0.2, -0.15) is 5.10 Å². The van der Waals surface area contributed by atoms with Crippen molar-refractivity contribution in [3.05, 3.63) is 54.1 Å². The van der Waals surface area contributed by atoms with Gasteiger partial charge >= 0.3 is 0 Å². The lowest BCUT2D eigenvalue weighted by molar-refractivity contribution is 0.101. The number of ether oxygens (including phenoxy) is 1. The third-order valence-corrected chi connectivity index (χ3v) is 3.81. The van der Waals surface area contributed by atoms with E-state index >= 15 is 0 Å². The first-order valence-electron chi connectivity index (χ1n) is 8.37. The maximum absolute atomic E-state index is 13.8. The zero-order chi connectivity index (χ0) is 19.6. The van der Waals surface area contributed by atoms with Crippen LogP contribution in [-0.4, -0.2) is 26.8 Å². The highest BCUT2D eigenvalue weighted by Crippen LogP contribution is 2.35. The summed E-state index contributed by atoms with van der Waals surface area (Å²) in [5.74, 6) is 0.173. The summed E-state index contributed by atoms with van der Waals surface area (Å²) in [5.41, 5.74) is 7.47. The first-order valence-corrected chi connectivity index (χ1v) is 8.37. The number of nitrogen functional groups attached to an aromatic ring is 1. The maximum atomic E-state index is 13.8. The van der Waals surface area contributed by atoms with E-state index in [2.05, 4.69) is 15.4 Å². The third-order valence-electron chi connectivity index (χ3n) is 3.81. The van der Waals surface area contributed by atoms with Crippen LogP contribution in [0.4, 0.5) is 16.0 Å². The predicted octanol–water partition coefficient (Wildman–Crippen LogP) is 3.24. The van der Waals surface area contributed by atoms with E-state index < -0.39 is 5.82 Å². The van der Waals surface area contributed by atoms with Crippen LogP contribution in [0.3, 0.4) is 0 Å². The average molecular weight is 369 g/mol. The van der Waals surface area contributed by atoms with Crippen molar-refractivity contribution in [2.24, 2.45) is 7.05 Å². The van der Waals surface area contributed by atoms with Crippen LogP contribution in [0.25, 0.3) is 11.1 Å². The number of nitrogens with zero attached hydrogens (tertiary/aromatic N) is 3. The Kier molecular flexibility index (Phi) is 5.07. The molecular formula is C19H20FN5O2. The van der Waals surface area contributed by atoms with Crippen LogP contribution in [0.5, 0.6) is 5.75 Å². The van der Waals surface area contributed by atoms with Gasteiger partial charge in [-0.25, -0.2) is 9.37 Å². The number of pyridine rings is 1. The molecule has 2 heterocycles. The molecule has 8 heteroatoms. The van der Waals surface area contributed by atoms with E-state index in [0.29, 0.717) is 22.6 Å². The number of rotatable bonds is 5. The second-order valence-corrected chi connectivity index (χ2v) is 6.23. The van der Waals surface area contributed by atoms with Gasteiger partial charge in [0.1, 0.15) is 28.9 Å². The van der Waals surface area contributed by atoms with Crippen molar-refractivity contribution in [1.29, 1.82) is 0 Å². The fourth-order valence-corrected chi connectivity index (χ4v) is 2.62. The van der Waals surface area contributed by atoms with Crippen molar-refractivity contribution in [2.75, 3.05) is 11.1 Å². The van der Waals surface area contributed by atoms with Crippen LogP contribution in [0.1, 0.15) is 24.3 Å². The minimum atomic E-state index is -0.408. The van der Waals surface area contributed by atoms with Gasteiger partial charge in [-0.05, 0) is 50.2 Å². The molecule has 0 bridgehead atoms. The summed E-state index contributed by atoms with van der Waals surface area (Å²) < 4.78 is 21.0. The van der Waals surface area contributed by atoms with E-state index in [1.54, 1.807) is 31.3 Å². The molecule has 0 saturated heterocycles. The normalized spacial score (nSPS) is 10.9. The fraction of sp³-hybridized carbons (Fsp3) is 0.211. The Labute approximate surface area is 156 Å². The van der Waals surface area contributed by atoms with E-state index in [9.17, 15) is 9.18 Å². The molecule has 0 spiro atoms. The Morgan fingerprint density at radius 1 is 1.22 bits per heavy atom. The molecule has 1 amide bonds. The van der Waals surface area contributed by atoms with Gasteiger partial charge in [0, 0.05) is 24.4 Å². The first kappa shape index (κ1) is 18.4. The lowest BCUT2D eigenvalue weighted by Crippen LogP contribution is -2.17. The Hall–Kier alpha value is -3.42. The topological polar surface area (TPSA) is 95.1 Å². The number of nitrogens with one attached hydrogen (secondary N) is 1. The standard InChI is InChI=1S/C19H20FN5O2/c1-11(2)27-16-6-4-12(20)10-14(16)13-5-7-17(23-18(13)21)24-19(26)15-8-9-22-25(15)3/h4-11H,1-3H3,(H3,21,23,24,26). The highest BCUT2D eigenvalue weighted by Gasteiger charge is 2.15. The van der Waals surface area contributed by atoms with E-state index in [4.69, 9.17) is 10.5 Å². The van der Waals surface area contributed by atoms with Crippen molar-refractivity contribution < 1.29 is 13.9 Å². The van der Waals surface area contributed by atoms with Gasteiger partial charge in [0.05, 0.1) is 6.10 Å². The quantitative estimate of drug-likeness (QED) is 0.720. The largest absolute Gasteiger partial charge is 0.490 e. The van der Waals surface area contributed by atoms with Crippen molar-refractivity contribution in [1.82, 2.24) is 14.8 Å². The van der Waals surface area contributed by atoms with E-state index in [0.717, 1.165) is 0 Å². The van der Waals surface area contributed by atoms with Gasteiger partial charge < -0.3 is 15.8 Å². The zero-order valence-corrected chi connectivity index (χ0v) is 15.2. The van der Waals surface area contributed by atoms with Crippen LogP contribution in [0.2, 0.25) is 0 Å². The van der Waals surface area contributed by atoms with Crippen molar-refractivity contribution >= 4 is 17.5 Å². The monoisotopic (exact) mass is 369 g/mol. The molecule has 0 unspecified atom stereocenters. The first-order chi connectivity index (χ1) is 12.8. The molecule has 140 valence electrons. The second kappa shape index (κ2) is 7.45. The number of halogens is 1. The predicted molar refractivity (Wildman–Crippen MR) is 101 cm³/mol. The molecule has 3 aromatic rings. The Morgan fingerprint density at radius 3 is 2.63 bits per heavy atom. The van der Waals surface area contributed by atoms with Crippen LogP contribution in [0, 0.1) is 5.82 Å². The summed E-state index contributed by atoms with van der Waals surface area (Å²) in [6.07, 6.45) is 1.45.